The maximum absolute atomic E-state index is 13.3. The third kappa shape index (κ3) is 6.15. The van der Waals surface area contributed by atoms with E-state index in [1.807, 2.05) is 6.92 Å². The number of rotatable bonds is 8. The molecule has 4 aromatic rings. The van der Waals surface area contributed by atoms with Crippen LogP contribution < -0.4 is 10.1 Å². The number of nitrogens with one attached hydrogen (secondary N) is 1. The van der Waals surface area contributed by atoms with E-state index < -0.39 is 26.7 Å². The molecule has 202 valence electrons. The summed E-state index contributed by atoms with van der Waals surface area (Å²) in [5.74, 6) is -0.771. The first kappa shape index (κ1) is 28.3. The number of azo groups is 1. The molecule has 0 bridgehead atoms. The first-order chi connectivity index (χ1) is 18.5. The number of aryl methyl sites for hydroxylation is 1. The molecule has 0 saturated carbocycles. The molecule has 0 aromatic heterocycles. The second kappa shape index (κ2) is 11.6. The molecule has 0 unspecified atom stereocenters. The van der Waals surface area contributed by atoms with Gasteiger partial charge in [0.1, 0.15) is 22.0 Å². The summed E-state index contributed by atoms with van der Waals surface area (Å²) in [7, 11) is -4.69. The fourth-order valence-electron chi connectivity index (χ4n) is 3.91. The largest absolute Gasteiger partial charge is 0.505 e. The van der Waals surface area contributed by atoms with E-state index in [2.05, 4.69) is 15.5 Å². The van der Waals surface area contributed by atoms with Gasteiger partial charge in [0.05, 0.1) is 17.9 Å². The van der Waals surface area contributed by atoms with Gasteiger partial charge in [0.15, 0.2) is 5.75 Å². The zero-order valence-corrected chi connectivity index (χ0v) is 23.1. The van der Waals surface area contributed by atoms with Crippen LogP contribution in [0.25, 0.3) is 10.8 Å². The van der Waals surface area contributed by atoms with Crippen molar-refractivity contribution in [2.75, 3.05) is 11.9 Å². The Morgan fingerprint density at radius 2 is 1.77 bits per heavy atom. The number of hydrogen-bond donors (Lipinski definition) is 3. The number of benzene rings is 4. The zero-order valence-electron chi connectivity index (χ0n) is 20.8. The molecule has 3 N–H and O–H groups in total. The molecule has 0 radical (unpaired) electrons. The second-order valence-corrected chi connectivity index (χ2v) is 10.5. The van der Waals surface area contributed by atoms with Crippen LogP contribution in [0.5, 0.6) is 11.5 Å². The Balaban J connectivity index is 1.84. The minimum Gasteiger partial charge on any atom is -0.505 e. The molecule has 39 heavy (non-hydrogen) atoms. The molecule has 0 aliphatic carbocycles. The predicted octanol–water partition coefficient (Wildman–Crippen LogP) is 7.73. The summed E-state index contributed by atoms with van der Waals surface area (Å²) < 4.78 is 39.2. The monoisotopic (exact) mass is 587 g/mol. The van der Waals surface area contributed by atoms with Crippen molar-refractivity contribution < 1.29 is 27.6 Å². The third-order valence-electron chi connectivity index (χ3n) is 5.77. The van der Waals surface area contributed by atoms with Gasteiger partial charge in [0.2, 0.25) is 0 Å². The smallest absolute Gasteiger partial charge is 0.296 e. The number of carbonyl (C=O) groups excluding carboxylic acids is 1. The third-order valence-corrected chi connectivity index (χ3v) is 7.24. The molecule has 0 aliphatic rings. The van der Waals surface area contributed by atoms with Crippen molar-refractivity contribution in [1.29, 1.82) is 0 Å². The Kier molecular flexibility index (Phi) is 8.41. The molecule has 0 saturated heterocycles. The van der Waals surface area contributed by atoms with Crippen LogP contribution in [-0.2, 0) is 16.5 Å². The van der Waals surface area contributed by atoms with Crippen molar-refractivity contribution in [2.45, 2.75) is 25.2 Å². The lowest BCUT2D eigenvalue weighted by Gasteiger charge is -2.14. The predicted molar refractivity (Wildman–Crippen MR) is 151 cm³/mol. The maximum Gasteiger partial charge on any atom is 0.296 e. The van der Waals surface area contributed by atoms with Crippen LogP contribution in [0.1, 0.15) is 29.8 Å². The van der Waals surface area contributed by atoms with Gasteiger partial charge in [-0.15, -0.1) is 10.2 Å². The lowest BCUT2D eigenvalue weighted by atomic mass is 10.0. The Bertz CT molecular complexity index is 1720. The quantitative estimate of drug-likeness (QED) is 0.142. The minimum absolute atomic E-state index is 0.0799. The number of nitrogens with zero attached hydrogens (tertiary/aromatic N) is 2. The van der Waals surface area contributed by atoms with E-state index in [1.165, 1.54) is 18.2 Å². The number of aromatic hydroxyl groups is 1. The lowest BCUT2D eigenvalue weighted by Crippen LogP contribution is -2.13. The van der Waals surface area contributed by atoms with E-state index in [0.29, 0.717) is 45.8 Å². The number of carbonyl (C=O) groups is 1. The van der Waals surface area contributed by atoms with Gasteiger partial charge in [-0.1, -0.05) is 54.4 Å². The second-order valence-electron chi connectivity index (χ2n) is 8.31. The van der Waals surface area contributed by atoms with Crippen molar-refractivity contribution in [3.05, 3.63) is 81.8 Å². The van der Waals surface area contributed by atoms with Crippen molar-refractivity contribution in [2.24, 2.45) is 10.2 Å². The number of fused-ring (bicyclic) bond motifs is 1. The van der Waals surface area contributed by atoms with Gasteiger partial charge < -0.3 is 15.2 Å². The molecule has 1 amide bonds. The number of hydrogen-bond acceptors (Lipinski definition) is 7. The first-order valence-corrected chi connectivity index (χ1v) is 13.9. The molecule has 0 atom stereocenters. The molecule has 4 rings (SSSR count). The Morgan fingerprint density at radius 1 is 1.03 bits per heavy atom. The summed E-state index contributed by atoms with van der Waals surface area (Å²) in [6.07, 6.45) is 0.462. The number of halogens is 2. The topological polar surface area (TPSA) is 138 Å². The highest BCUT2D eigenvalue weighted by molar-refractivity contribution is 7.86. The number of amides is 1. The fourth-order valence-corrected chi connectivity index (χ4v) is 5.07. The minimum atomic E-state index is -4.69. The molecular formula is C27H23Cl2N3O6S. The molecule has 0 heterocycles. The average molecular weight is 588 g/mol. The van der Waals surface area contributed by atoms with E-state index in [4.69, 9.17) is 27.9 Å². The van der Waals surface area contributed by atoms with Crippen molar-refractivity contribution in [3.63, 3.8) is 0 Å². The van der Waals surface area contributed by atoms with E-state index in [-0.39, 0.29) is 22.0 Å². The van der Waals surface area contributed by atoms with Crippen LogP contribution in [0.15, 0.2) is 75.8 Å². The summed E-state index contributed by atoms with van der Waals surface area (Å²) in [4.78, 5) is 12.8. The highest BCUT2D eigenvalue weighted by Gasteiger charge is 2.22. The highest BCUT2D eigenvalue weighted by Crippen LogP contribution is 2.41. The standard InChI is InChI=1S/C27H23Cl2N3O6S/c1-3-15-12-22(24(14-20(15)29)39(35,36)37)31-32-25-18-8-6-5-7-16(18)11-19(26(25)33)27(34)30-21-13-17(28)9-10-23(21)38-4-2/h5-14,33H,3-4H2,1-2H3,(H,30,34)(H,35,36,37). The number of anilines is 1. The van der Waals surface area contributed by atoms with E-state index >= 15 is 0 Å². The zero-order chi connectivity index (χ0) is 28.3. The van der Waals surface area contributed by atoms with Crippen molar-refractivity contribution in [3.8, 4) is 11.5 Å². The number of phenols is 1. The van der Waals surface area contributed by atoms with E-state index in [9.17, 15) is 22.9 Å². The Morgan fingerprint density at radius 3 is 2.46 bits per heavy atom. The van der Waals surface area contributed by atoms with Crippen LogP contribution >= 0.6 is 23.2 Å². The number of ether oxygens (including phenoxy) is 1. The van der Waals surface area contributed by atoms with Crippen LogP contribution in [0.2, 0.25) is 10.0 Å². The summed E-state index contributed by atoms with van der Waals surface area (Å²) in [6, 6.07) is 15.6. The molecule has 0 aliphatic heterocycles. The van der Waals surface area contributed by atoms with E-state index in [0.717, 1.165) is 6.07 Å². The molecular weight excluding hydrogens is 565 g/mol. The van der Waals surface area contributed by atoms with Gasteiger partial charge in [-0.05, 0) is 60.7 Å². The van der Waals surface area contributed by atoms with Gasteiger partial charge in [-0.2, -0.15) is 8.42 Å². The summed E-state index contributed by atoms with van der Waals surface area (Å²) in [6.45, 7) is 3.96. The maximum atomic E-state index is 13.3. The van der Waals surface area contributed by atoms with Crippen LogP contribution in [0, 0.1) is 0 Å². The number of phenolic OH excluding ortho intramolecular Hbond substituents is 1. The Hall–Kier alpha value is -3.70. The molecule has 9 nitrogen and oxygen atoms in total. The normalized spacial score (nSPS) is 11.7. The van der Waals surface area contributed by atoms with Crippen molar-refractivity contribution >= 4 is 67.1 Å². The van der Waals surface area contributed by atoms with Crippen molar-refractivity contribution in [1.82, 2.24) is 0 Å². The van der Waals surface area contributed by atoms with Gasteiger partial charge >= 0.3 is 0 Å². The van der Waals surface area contributed by atoms with Gasteiger partial charge in [0, 0.05) is 15.4 Å². The molecule has 4 aromatic carbocycles. The van der Waals surface area contributed by atoms with Crippen LogP contribution in [0.3, 0.4) is 0 Å². The van der Waals surface area contributed by atoms with Crippen LogP contribution in [-0.4, -0.2) is 30.6 Å². The Labute approximate surface area is 234 Å². The molecule has 12 heteroatoms. The van der Waals surface area contributed by atoms with Gasteiger partial charge in [-0.3, -0.25) is 9.35 Å². The SMILES string of the molecule is CCOc1ccc(Cl)cc1NC(=O)c1cc2ccccc2c(N=Nc2cc(CC)c(Cl)cc2S(=O)(=O)O)c1O. The summed E-state index contributed by atoms with van der Waals surface area (Å²) in [5.41, 5.74) is 0.495. The fraction of sp³-hybridized carbons (Fsp3) is 0.148. The average Bonchev–Trinajstić information content (AvgIpc) is 2.89. The van der Waals surface area contributed by atoms with Gasteiger partial charge in [-0.25, -0.2) is 0 Å². The first-order valence-electron chi connectivity index (χ1n) is 11.7. The van der Waals surface area contributed by atoms with Gasteiger partial charge in [0.25, 0.3) is 16.0 Å². The van der Waals surface area contributed by atoms with Crippen LogP contribution in [0.4, 0.5) is 17.1 Å². The lowest BCUT2D eigenvalue weighted by molar-refractivity contribution is 0.102. The molecule has 0 spiro atoms. The molecule has 0 fully saturated rings. The summed E-state index contributed by atoms with van der Waals surface area (Å²) >= 11 is 12.2. The highest BCUT2D eigenvalue weighted by atomic mass is 35.5. The summed E-state index contributed by atoms with van der Waals surface area (Å²) in [5, 5.41) is 23.5. The van der Waals surface area contributed by atoms with E-state index in [1.54, 1.807) is 43.3 Å².